The average Bonchev–Trinajstić information content (AvgIpc) is 2.95. The number of nitrogens with zero attached hydrogens (tertiary/aromatic N) is 1. The lowest BCUT2D eigenvalue weighted by Crippen LogP contribution is -2.35. The molecule has 1 N–H and O–H groups in total. The van der Waals surface area contributed by atoms with Crippen molar-refractivity contribution < 1.29 is 4.74 Å². The van der Waals surface area contributed by atoms with Gasteiger partial charge in [0.2, 0.25) is 0 Å². The molecular formula is C14H24N2OS. The Balaban J connectivity index is 1.86. The molecule has 2 heterocycles. The Hall–Kier alpha value is -0.420. The summed E-state index contributed by atoms with van der Waals surface area (Å²) < 4.78 is 5.63. The van der Waals surface area contributed by atoms with Crippen LogP contribution in [0.15, 0.2) is 12.1 Å². The van der Waals surface area contributed by atoms with E-state index in [4.69, 9.17) is 4.74 Å². The van der Waals surface area contributed by atoms with E-state index in [2.05, 4.69) is 43.2 Å². The molecule has 0 saturated carbocycles. The molecule has 1 aromatic rings. The fourth-order valence-electron chi connectivity index (χ4n) is 2.51. The van der Waals surface area contributed by atoms with Crippen molar-refractivity contribution in [2.75, 3.05) is 20.2 Å². The molecule has 18 heavy (non-hydrogen) atoms. The third-order valence-electron chi connectivity index (χ3n) is 3.57. The second-order valence-corrected chi connectivity index (χ2v) is 6.25. The molecule has 2 atom stereocenters. The number of likely N-dealkylation sites (N-methyl/N-ethyl adjacent to an activating group) is 1. The predicted molar refractivity (Wildman–Crippen MR) is 77.0 cm³/mol. The van der Waals surface area contributed by atoms with Gasteiger partial charge < -0.3 is 10.1 Å². The lowest BCUT2D eigenvalue weighted by Gasteiger charge is -2.25. The highest BCUT2D eigenvalue weighted by Gasteiger charge is 2.27. The van der Waals surface area contributed by atoms with Gasteiger partial charge in [0.05, 0.1) is 6.10 Å². The molecule has 1 aromatic heterocycles. The van der Waals surface area contributed by atoms with Gasteiger partial charge in [-0.2, -0.15) is 0 Å². The summed E-state index contributed by atoms with van der Waals surface area (Å²) >= 11 is 1.92. The van der Waals surface area contributed by atoms with Gasteiger partial charge in [-0.25, -0.2) is 0 Å². The number of hydrogen-bond donors (Lipinski definition) is 1. The smallest absolute Gasteiger partial charge is 0.0703 e. The maximum Gasteiger partial charge on any atom is 0.0703 e. The van der Waals surface area contributed by atoms with Crippen molar-refractivity contribution >= 4 is 11.3 Å². The molecule has 1 fully saturated rings. The number of hydrogen-bond acceptors (Lipinski definition) is 4. The normalized spacial score (nSPS) is 24.0. The average molecular weight is 268 g/mol. The van der Waals surface area contributed by atoms with Crippen molar-refractivity contribution in [3.63, 3.8) is 0 Å². The fraction of sp³-hybridized carbons (Fsp3) is 0.714. The zero-order chi connectivity index (χ0) is 13.0. The molecule has 0 radical (unpaired) electrons. The molecule has 0 spiro atoms. The highest BCUT2D eigenvalue weighted by Crippen LogP contribution is 2.23. The van der Waals surface area contributed by atoms with E-state index in [1.807, 2.05) is 11.3 Å². The van der Waals surface area contributed by atoms with Gasteiger partial charge in [0.15, 0.2) is 0 Å². The van der Waals surface area contributed by atoms with Crippen LogP contribution in [0.5, 0.6) is 0 Å². The lowest BCUT2D eigenvalue weighted by molar-refractivity contribution is 0.0817. The number of ether oxygens (including phenoxy) is 1. The Morgan fingerprint density at radius 2 is 2.22 bits per heavy atom. The van der Waals surface area contributed by atoms with Gasteiger partial charge in [-0.1, -0.05) is 6.92 Å². The maximum absolute atomic E-state index is 5.63. The summed E-state index contributed by atoms with van der Waals surface area (Å²) in [6, 6.07) is 5.07. The van der Waals surface area contributed by atoms with E-state index in [0.29, 0.717) is 12.1 Å². The summed E-state index contributed by atoms with van der Waals surface area (Å²) in [7, 11) is 2.21. The van der Waals surface area contributed by atoms with E-state index in [0.717, 1.165) is 32.7 Å². The summed E-state index contributed by atoms with van der Waals surface area (Å²) in [6.45, 7) is 8.29. The Morgan fingerprint density at radius 3 is 2.89 bits per heavy atom. The summed E-state index contributed by atoms with van der Waals surface area (Å²) in [4.78, 5) is 5.31. The molecule has 102 valence electrons. The molecule has 4 heteroatoms. The number of rotatable bonds is 6. The Kier molecular flexibility index (Phi) is 5.18. The van der Waals surface area contributed by atoms with Crippen LogP contribution in [0.25, 0.3) is 0 Å². The van der Waals surface area contributed by atoms with Crippen molar-refractivity contribution in [1.82, 2.24) is 10.2 Å². The van der Waals surface area contributed by atoms with E-state index >= 15 is 0 Å². The van der Waals surface area contributed by atoms with Crippen LogP contribution >= 0.6 is 11.3 Å². The minimum Gasteiger partial charge on any atom is -0.377 e. The highest BCUT2D eigenvalue weighted by atomic mass is 32.1. The van der Waals surface area contributed by atoms with Crippen molar-refractivity contribution in [2.45, 2.75) is 45.5 Å². The van der Waals surface area contributed by atoms with Crippen LogP contribution in [-0.4, -0.2) is 37.2 Å². The Morgan fingerprint density at radius 1 is 1.44 bits per heavy atom. The molecule has 2 unspecified atom stereocenters. The first-order valence-electron chi connectivity index (χ1n) is 6.81. The minimum atomic E-state index is 0.371. The number of thiophene rings is 1. The van der Waals surface area contributed by atoms with E-state index in [9.17, 15) is 0 Å². The van der Waals surface area contributed by atoms with Crippen LogP contribution in [0, 0.1) is 0 Å². The molecule has 1 aliphatic rings. The molecule has 0 aliphatic carbocycles. The third kappa shape index (κ3) is 3.54. The Bertz CT molecular complexity index is 366. The van der Waals surface area contributed by atoms with Crippen molar-refractivity contribution in [2.24, 2.45) is 0 Å². The van der Waals surface area contributed by atoms with E-state index in [-0.39, 0.29) is 0 Å². The summed E-state index contributed by atoms with van der Waals surface area (Å²) in [5.74, 6) is 0. The van der Waals surface area contributed by atoms with Gasteiger partial charge >= 0.3 is 0 Å². The third-order valence-corrected chi connectivity index (χ3v) is 4.64. The predicted octanol–water partition coefficient (Wildman–Crippen LogP) is 2.47. The van der Waals surface area contributed by atoms with Crippen molar-refractivity contribution in [1.29, 1.82) is 0 Å². The van der Waals surface area contributed by atoms with E-state index in [1.54, 1.807) is 0 Å². The Labute approximate surface area is 114 Å². The molecule has 3 nitrogen and oxygen atoms in total. The molecule has 2 rings (SSSR count). The van der Waals surface area contributed by atoms with E-state index < -0.39 is 0 Å². The van der Waals surface area contributed by atoms with Gasteiger partial charge in [-0.15, -0.1) is 11.3 Å². The first-order chi connectivity index (χ1) is 8.70. The molecular weight excluding hydrogens is 244 g/mol. The lowest BCUT2D eigenvalue weighted by atomic mass is 10.1. The standard InChI is InChI=1S/C14H24N2OS/c1-4-15-9-12-5-6-13(18-12)10-16(3)14-7-8-17-11(14)2/h5-6,11,14-15H,4,7-10H2,1-3H3. The quantitative estimate of drug-likeness (QED) is 0.858. The molecule has 1 aliphatic heterocycles. The zero-order valence-corrected chi connectivity index (χ0v) is 12.4. The van der Waals surface area contributed by atoms with Gasteiger partial charge in [0.25, 0.3) is 0 Å². The molecule has 0 bridgehead atoms. The van der Waals surface area contributed by atoms with Crippen LogP contribution in [0.2, 0.25) is 0 Å². The summed E-state index contributed by atoms with van der Waals surface area (Å²) in [5.41, 5.74) is 0. The monoisotopic (exact) mass is 268 g/mol. The zero-order valence-electron chi connectivity index (χ0n) is 11.6. The maximum atomic E-state index is 5.63. The van der Waals surface area contributed by atoms with Crippen LogP contribution < -0.4 is 5.32 Å². The van der Waals surface area contributed by atoms with Crippen molar-refractivity contribution in [3.05, 3.63) is 21.9 Å². The summed E-state index contributed by atoms with van der Waals surface area (Å²) in [6.07, 6.45) is 1.53. The first kappa shape index (κ1) is 14.0. The topological polar surface area (TPSA) is 24.5 Å². The van der Waals surface area contributed by atoms with Crippen LogP contribution in [-0.2, 0) is 17.8 Å². The van der Waals surface area contributed by atoms with Gasteiger partial charge in [-0.3, -0.25) is 4.90 Å². The second kappa shape index (κ2) is 6.66. The molecule has 0 amide bonds. The van der Waals surface area contributed by atoms with Crippen LogP contribution in [0.1, 0.15) is 30.0 Å². The van der Waals surface area contributed by atoms with Gasteiger partial charge in [-0.05, 0) is 39.1 Å². The highest BCUT2D eigenvalue weighted by molar-refractivity contribution is 7.11. The molecule has 1 saturated heterocycles. The van der Waals surface area contributed by atoms with Crippen LogP contribution in [0.3, 0.4) is 0 Å². The largest absolute Gasteiger partial charge is 0.377 e. The SMILES string of the molecule is CCNCc1ccc(CN(C)C2CCOC2C)s1. The minimum absolute atomic E-state index is 0.371. The molecule has 0 aromatic carbocycles. The van der Waals surface area contributed by atoms with Crippen LogP contribution in [0.4, 0.5) is 0 Å². The van der Waals surface area contributed by atoms with Gasteiger partial charge in [0, 0.05) is 35.5 Å². The van der Waals surface area contributed by atoms with Crippen molar-refractivity contribution in [3.8, 4) is 0 Å². The fourth-order valence-corrected chi connectivity index (χ4v) is 3.56. The van der Waals surface area contributed by atoms with E-state index in [1.165, 1.54) is 9.75 Å². The first-order valence-corrected chi connectivity index (χ1v) is 7.62. The number of nitrogens with one attached hydrogen (secondary N) is 1. The van der Waals surface area contributed by atoms with Gasteiger partial charge in [0.1, 0.15) is 0 Å². The summed E-state index contributed by atoms with van der Waals surface area (Å²) in [5, 5.41) is 3.37. The second-order valence-electron chi connectivity index (χ2n) is 5.00.